The molecular formula is C14H27N3. The van der Waals surface area contributed by atoms with Crippen LogP contribution in [-0.4, -0.2) is 31.2 Å². The molecule has 17 heavy (non-hydrogen) atoms. The summed E-state index contributed by atoms with van der Waals surface area (Å²) in [6, 6.07) is 4.21. The van der Waals surface area contributed by atoms with Crippen LogP contribution in [0.25, 0.3) is 0 Å². The van der Waals surface area contributed by atoms with E-state index in [1.165, 1.54) is 5.56 Å². The maximum atomic E-state index is 4.40. The fraction of sp³-hybridized carbons (Fsp3) is 0.643. The van der Waals surface area contributed by atoms with E-state index in [-0.39, 0.29) is 0 Å². The van der Waals surface area contributed by atoms with E-state index in [9.17, 15) is 0 Å². The summed E-state index contributed by atoms with van der Waals surface area (Å²) >= 11 is 0. The molecule has 1 aromatic heterocycles. The van der Waals surface area contributed by atoms with Crippen LogP contribution in [0.2, 0.25) is 0 Å². The maximum Gasteiger partial charge on any atom is 0.128 e. The van der Waals surface area contributed by atoms with Gasteiger partial charge in [0, 0.05) is 32.4 Å². The van der Waals surface area contributed by atoms with E-state index in [0.717, 1.165) is 32.0 Å². The van der Waals surface area contributed by atoms with Crippen molar-refractivity contribution >= 4 is 5.82 Å². The smallest absolute Gasteiger partial charge is 0.128 e. The van der Waals surface area contributed by atoms with E-state index in [1.54, 1.807) is 0 Å². The van der Waals surface area contributed by atoms with E-state index in [0.29, 0.717) is 0 Å². The van der Waals surface area contributed by atoms with Gasteiger partial charge in [0.15, 0.2) is 0 Å². The molecule has 1 aliphatic heterocycles. The third-order valence-corrected chi connectivity index (χ3v) is 2.34. The van der Waals surface area contributed by atoms with Crippen molar-refractivity contribution in [1.29, 1.82) is 0 Å². The van der Waals surface area contributed by atoms with Crippen molar-refractivity contribution in [3.8, 4) is 0 Å². The monoisotopic (exact) mass is 237 g/mol. The molecule has 3 heteroatoms. The number of hydrogen-bond acceptors (Lipinski definition) is 3. The van der Waals surface area contributed by atoms with E-state index < -0.39 is 0 Å². The molecule has 0 aliphatic carbocycles. The van der Waals surface area contributed by atoms with Gasteiger partial charge in [0.05, 0.1) is 0 Å². The number of anilines is 1. The van der Waals surface area contributed by atoms with Gasteiger partial charge in [0.1, 0.15) is 5.82 Å². The number of nitrogens with zero attached hydrogens (tertiary/aromatic N) is 2. The van der Waals surface area contributed by atoms with Crippen LogP contribution in [0.15, 0.2) is 18.3 Å². The van der Waals surface area contributed by atoms with Crippen LogP contribution in [0.5, 0.6) is 0 Å². The number of piperazine rings is 1. The lowest BCUT2D eigenvalue weighted by Gasteiger charge is -2.28. The second kappa shape index (κ2) is 10.1. The summed E-state index contributed by atoms with van der Waals surface area (Å²) in [6.07, 6.45) is 1.93. The SMILES string of the molecule is CC.CC.Cc1ccc(N2CCNCC2)nc1. The average molecular weight is 237 g/mol. The molecule has 0 aromatic carbocycles. The van der Waals surface area contributed by atoms with Crippen LogP contribution < -0.4 is 10.2 Å². The van der Waals surface area contributed by atoms with Crippen molar-refractivity contribution in [3.63, 3.8) is 0 Å². The summed E-state index contributed by atoms with van der Waals surface area (Å²) in [7, 11) is 0. The second-order valence-corrected chi connectivity index (χ2v) is 3.43. The van der Waals surface area contributed by atoms with Gasteiger partial charge in [0.2, 0.25) is 0 Å². The van der Waals surface area contributed by atoms with Gasteiger partial charge in [-0.05, 0) is 18.6 Å². The van der Waals surface area contributed by atoms with Crippen molar-refractivity contribution in [2.24, 2.45) is 0 Å². The molecule has 0 saturated carbocycles. The Morgan fingerprint density at radius 2 is 1.65 bits per heavy atom. The number of rotatable bonds is 1. The fourth-order valence-corrected chi connectivity index (χ4v) is 1.54. The van der Waals surface area contributed by atoms with Crippen molar-refractivity contribution in [2.75, 3.05) is 31.1 Å². The average Bonchev–Trinajstić information content (AvgIpc) is 2.45. The standard InChI is InChI=1S/C10H15N3.2C2H6/c1-9-2-3-10(12-8-9)13-6-4-11-5-7-13;2*1-2/h2-3,8,11H,4-7H2,1H3;2*1-2H3. The van der Waals surface area contributed by atoms with Crippen molar-refractivity contribution < 1.29 is 0 Å². The molecule has 1 saturated heterocycles. The molecule has 1 N–H and O–H groups in total. The van der Waals surface area contributed by atoms with Gasteiger partial charge in [-0.3, -0.25) is 0 Å². The molecule has 1 aromatic rings. The molecule has 2 heterocycles. The van der Waals surface area contributed by atoms with Crippen LogP contribution in [0.1, 0.15) is 33.3 Å². The Balaban J connectivity index is 0.000000581. The predicted octanol–water partition coefficient (Wildman–Crippen LogP) is 2.85. The summed E-state index contributed by atoms with van der Waals surface area (Å²) in [5.41, 5.74) is 1.22. The van der Waals surface area contributed by atoms with Gasteiger partial charge in [-0.2, -0.15) is 0 Å². The minimum Gasteiger partial charge on any atom is -0.354 e. The van der Waals surface area contributed by atoms with Crippen molar-refractivity contribution in [1.82, 2.24) is 10.3 Å². The highest BCUT2D eigenvalue weighted by Gasteiger charge is 2.10. The molecule has 0 radical (unpaired) electrons. The summed E-state index contributed by atoms with van der Waals surface area (Å²) in [6.45, 7) is 14.3. The van der Waals surface area contributed by atoms with Crippen LogP contribution >= 0.6 is 0 Å². The zero-order chi connectivity index (χ0) is 13.1. The van der Waals surface area contributed by atoms with E-state index >= 15 is 0 Å². The number of hydrogen-bond donors (Lipinski definition) is 1. The van der Waals surface area contributed by atoms with E-state index in [4.69, 9.17) is 0 Å². The Morgan fingerprint density at radius 3 is 2.12 bits per heavy atom. The third kappa shape index (κ3) is 5.68. The first kappa shape index (κ1) is 15.9. The van der Waals surface area contributed by atoms with Crippen molar-refractivity contribution in [2.45, 2.75) is 34.6 Å². The number of aromatic nitrogens is 1. The highest BCUT2D eigenvalue weighted by molar-refractivity contribution is 5.39. The van der Waals surface area contributed by atoms with E-state index in [1.807, 2.05) is 33.9 Å². The fourth-order valence-electron chi connectivity index (χ4n) is 1.54. The third-order valence-electron chi connectivity index (χ3n) is 2.34. The summed E-state index contributed by atoms with van der Waals surface area (Å²) < 4.78 is 0. The predicted molar refractivity (Wildman–Crippen MR) is 76.8 cm³/mol. The highest BCUT2D eigenvalue weighted by Crippen LogP contribution is 2.10. The second-order valence-electron chi connectivity index (χ2n) is 3.43. The Labute approximate surface area is 106 Å². The minimum atomic E-state index is 1.07. The molecule has 3 nitrogen and oxygen atoms in total. The lowest BCUT2D eigenvalue weighted by atomic mass is 10.3. The highest BCUT2D eigenvalue weighted by atomic mass is 15.2. The molecule has 2 rings (SSSR count). The normalized spacial score (nSPS) is 14.1. The minimum absolute atomic E-state index is 1.07. The zero-order valence-corrected chi connectivity index (χ0v) is 12.0. The molecule has 0 amide bonds. The van der Waals surface area contributed by atoms with Gasteiger partial charge in [-0.15, -0.1) is 0 Å². The first-order chi connectivity index (χ1) is 8.36. The molecule has 0 spiro atoms. The van der Waals surface area contributed by atoms with Gasteiger partial charge in [0.25, 0.3) is 0 Å². The van der Waals surface area contributed by atoms with Crippen LogP contribution in [0, 0.1) is 6.92 Å². The molecular weight excluding hydrogens is 210 g/mol. The Hall–Kier alpha value is -1.09. The maximum absolute atomic E-state index is 4.40. The topological polar surface area (TPSA) is 28.2 Å². The van der Waals surface area contributed by atoms with Gasteiger partial charge in [-0.1, -0.05) is 33.8 Å². The molecule has 0 bridgehead atoms. The molecule has 0 atom stereocenters. The number of aryl methyl sites for hydroxylation is 1. The van der Waals surface area contributed by atoms with E-state index in [2.05, 4.69) is 34.3 Å². The quantitative estimate of drug-likeness (QED) is 0.814. The zero-order valence-electron chi connectivity index (χ0n) is 12.0. The first-order valence-electron chi connectivity index (χ1n) is 6.74. The van der Waals surface area contributed by atoms with Gasteiger partial charge >= 0.3 is 0 Å². The summed E-state index contributed by atoms with van der Waals surface area (Å²) in [5, 5.41) is 3.33. The number of pyridine rings is 1. The van der Waals surface area contributed by atoms with Crippen LogP contribution in [0.3, 0.4) is 0 Å². The molecule has 1 aliphatic rings. The molecule has 1 fully saturated rings. The van der Waals surface area contributed by atoms with Crippen molar-refractivity contribution in [3.05, 3.63) is 23.9 Å². The Morgan fingerprint density at radius 1 is 1.06 bits per heavy atom. The summed E-state index contributed by atoms with van der Waals surface area (Å²) in [5.74, 6) is 1.10. The lowest BCUT2D eigenvalue weighted by Crippen LogP contribution is -2.43. The van der Waals surface area contributed by atoms with Gasteiger partial charge < -0.3 is 10.2 Å². The van der Waals surface area contributed by atoms with Gasteiger partial charge in [-0.25, -0.2) is 4.98 Å². The first-order valence-corrected chi connectivity index (χ1v) is 6.74. The molecule has 98 valence electrons. The summed E-state index contributed by atoms with van der Waals surface area (Å²) in [4.78, 5) is 6.72. The lowest BCUT2D eigenvalue weighted by molar-refractivity contribution is 0.585. The Kier molecular flexibility index (Phi) is 9.44. The molecule has 0 unspecified atom stereocenters. The Bertz CT molecular complexity index is 263. The van der Waals surface area contributed by atoms with Crippen LogP contribution in [-0.2, 0) is 0 Å². The number of nitrogens with one attached hydrogen (secondary N) is 1. The largest absolute Gasteiger partial charge is 0.354 e. The van der Waals surface area contributed by atoms with Crippen LogP contribution in [0.4, 0.5) is 5.82 Å².